The average Bonchev–Trinajstić information content (AvgIpc) is 2.96. The third kappa shape index (κ3) is 16.9. The zero-order chi connectivity index (χ0) is 32.8. The largest absolute Gasteiger partial charge is 0.481 e. The van der Waals surface area contributed by atoms with E-state index in [2.05, 4.69) is 24.1 Å². The summed E-state index contributed by atoms with van der Waals surface area (Å²) < 4.78 is 5.47. The van der Waals surface area contributed by atoms with Gasteiger partial charge in [-0.3, -0.25) is 14.4 Å². The molecule has 0 radical (unpaired) electrons. The molecule has 1 aromatic rings. The van der Waals surface area contributed by atoms with Gasteiger partial charge in [0, 0.05) is 19.3 Å². The van der Waals surface area contributed by atoms with Crippen molar-refractivity contribution in [3.63, 3.8) is 0 Å². The Kier molecular flexibility index (Phi) is 19.2. The third-order valence-electron chi connectivity index (χ3n) is 7.39. The van der Waals surface area contributed by atoms with E-state index in [-0.39, 0.29) is 13.0 Å². The monoisotopic (exact) mass is 613 g/mol. The maximum absolute atomic E-state index is 13.2. The number of carboxylic acids is 2. The molecule has 1 amide bonds. The lowest BCUT2D eigenvalue weighted by Crippen LogP contribution is -2.50. The molecule has 1 aromatic carbocycles. The normalized spacial score (nSPS) is 13.7. The summed E-state index contributed by atoms with van der Waals surface area (Å²) in [6, 6.07) is 5.46. The van der Waals surface area contributed by atoms with E-state index in [9.17, 15) is 34.5 Å². The summed E-state index contributed by atoms with van der Waals surface area (Å²) in [4.78, 5) is 48.7. The fourth-order valence-electron chi connectivity index (χ4n) is 4.82. The van der Waals surface area contributed by atoms with Crippen molar-refractivity contribution in [2.75, 3.05) is 6.61 Å². The van der Waals surface area contributed by atoms with Crippen LogP contribution in [0.4, 0.5) is 0 Å². The molecule has 9 heteroatoms. The molecule has 0 aliphatic carbocycles. The summed E-state index contributed by atoms with van der Waals surface area (Å²) in [5.41, 5.74) is -1.29. The first-order valence-corrected chi connectivity index (χ1v) is 15.8. The minimum Gasteiger partial charge on any atom is -0.481 e. The maximum Gasteiger partial charge on any atom is 0.326 e. The van der Waals surface area contributed by atoms with Gasteiger partial charge in [-0.15, -0.1) is 5.92 Å². The molecule has 0 unspecified atom stereocenters. The van der Waals surface area contributed by atoms with Crippen molar-refractivity contribution in [1.29, 1.82) is 0 Å². The number of allylic oxidation sites excluding steroid dienone is 1. The van der Waals surface area contributed by atoms with Gasteiger partial charge >= 0.3 is 11.9 Å². The van der Waals surface area contributed by atoms with Gasteiger partial charge in [-0.2, -0.15) is 0 Å². The molecular weight excluding hydrogens is 562 g/mol. The summed E-state index contributed by atoms with van der Waals surface area (Å²) >= 11 is 0. The fourth-order valence-corrected chi connectivity index (χ4v) is 4.82. The molecule has 44 heavy (non-hydrogen) atoms. The van der Waals surface area contributed by atoms with E-state index in [0.717, 1.165) is 38.5 Å². The van der Waals surface area contributed by atoms with Crippen LogP contribution in [0.3, 0.4) is 0 Å². The van der Waals surface area contributed by atoms with Gasteiger partial charge in [0.2, 0.25) is 5.91 Å². The summed E-state index contributed by atoms with van der Waals surface area (Å²) in [6.45, 7) is 5.36. The van der Waals surface area contributed by atoms with Crippen molar-refractivity contribution in [2.24, 2.45) is 5.92 Å². The number of ether oxygens (including phenoxy) is 1. The lowest BCUT2D eigenvalue weighted by atomic mass is 9.84. The van der Waals surface area contributed by atoms with Crippen LogP contribution in [0.5, 0.6) is 5.75 Å². The number of unbranched alkanes of at least 4 members (excludes halogenated alkanes) is 8. The number of Topliss-reactive ketones (excluding diaryl/α,β-unsaturated/α-hetero) is 1. The molecule has 3 atom stereocenters. The Morgan fingerprint density at radius 3 is 2.14 bits per heavy atom. The minimum atomic E-state index is -1.94. The van der Waals surface area contributed by atoms with Crippen LogP contribution in [0, 0.1) is 17.8 Å². The maximum atomic E-state index is 13.2. The number of carbonyl (C=O) groups is 4. The molecule has 0 aromatic heterocycles. The van der Waals surface area contributed by atoms with Crippen LogP contribution in [-0.2, 0) is 25.6 Å². The van der Waals surface area contributed by atoms with Crippen LogP contribution in [0.1, 0.15) is 110 Å². The van der Waals surface area contributed by atoms with Crippen molar-refractivity contribution in [2.45, 2.75) is 122 Å². The number of ketones is 1. The highest BCUT2D eigenvalue weighted by molar-refractivity contribution is 5.87. The number of hydrogen-bond acceptors (Lipinski definition) is 6. The van der Waals surface area contributed by atoms with Crippen LogP contribution >= 0.6 is 0 Å². The van der Waals surface area contributed by atoms with Gasteiger partial charge < -0.3 is 25.4 Å². The van der Waals surface area contributed by atoms with E-state index in [1.165, 1.54) is 32.3 Å². The van der Waals surface area contributed by atoms with Gasteiger partial charge in [0.25, 0.3) is 0 Å². The lowest BCUT2D eigenvalue weighted by molar-refractivity contribution is -0.148. The van der Waals surface area contributed by atoms with Crippen molar-refractivity contribution in [1.82, 2.24) is 5.32 Å². The van der Waals surface area contributed by atoms with Gasteiger partial charge in [-0.25, -0.2) is 4.79 Å². The van der Waals surface area contributed by atoms with Crippen molar-refractivity contribution in [3.05, 3.63) is 42.0 Å². The first kappa shape index (κ1) is 38.4. The second-order valence-corrected chi connectivity index (χ2v) is 11.5. The number of carboxylic acid groups (broad SMARTS) is 2. The number of amides is 1. The third-order valence-corrected chi connectivity index (χ3v) is 7.39. The Morgan fingerprint density at radius 1 is 0.955 bits per heavy atom. The van der Waals surface area contributed by atoms with E-state index < -0.39 is 41.8 Å². The van der Waals surface area contributed by atoms with E-state index in [1.807, 2.05) is 0 Å². The molecule has 0 spiro atoms. The first-order valence-electron chi connectivity index (χ1n) is 15.8. The number of benzene rings is 1. The highest BCUT2D eigenvalue weighted by Crippen LogP contribution is 2.24. The molecule has 0 aliphatic heterocycles. The first-order chi connectivity index (χ1) is 21.0. The second kappa shape index (κ2) is 22.0. The zero-order valence-electron chi connectivity index (χ0n) is 26.6. The molecule has 9 nitrogen and oxygen atoms in total. The van der Waals surface area contributed by atoms with E-state index in [1.54, 1.807) is 37.3 Å². The van der Waals surface area contributed by atoms with Crippen LogP contribution < -0.4 is 10.1 Å². The van der Waals surface area contributed by atoms with Crippen molar-refractivity contribution >= 4 is 23.6 Å². The Hall–Kier alpha value is -3.64. The summed E-state index contributed by atoms with van der Waals surface area (Å²) in [5, 5.41) is 32.5. The van der Waals surface area contributed by atoms with Crippen molar-refractivity contribution < 1.29 is 39.2 Å². The summed E-state index contributed by atoms with van der Waals surface area (Å²) in [7, 11) is 0. The Labute approximate surface area is 262 Å². The predicted octanol–water partition coefficient (Wildman–Crippen LogP) is 5.87. The SMILES string of the molecule is CC#CCOc1ccc(C[C@H](NC(=O)[C@@H](/C=C/CCCCCCC(=O)CCCCCCC)[C@@](C)(O)CC(=O)O)C(=O)O)cc1. The van der Waals surface area contributed by atoms with Crippen LogP contribution in [0.15, 0.2) is 36.4 Å². The molecule has 0 fully saturated rings. The number of hydrogen-bond donors (Lipinski definition) is 4. The molecule has 1 rings (SSSR count). The van der Waals surface area contributed by atoms with Gasteiger partial charge in [0.05, 0.1) is 17.9 Å². The van der Waals surface area contributed by atoms with E-state index in [0.29, 0.717) is 36.4 Å². The van der Waals surface area contributed by atoms with E-state index in [4.69, 9.17) is 4.74 Å². The number of rotatable bonds is 24. The topological polar surface area (TPSA) is 150 Å². The lowest BCUT2D eigenvalue weighted by Gasteiger charge is -2.29. The van der Waals surface area contributed by atoms with Gasteiger partial charge in [0.1, 0.15) is 24.2 Å². The summed E-state index contributed by atoms with van der Waals surface area (Å²) in [6.07, 6.45) is 13.5. The van der Waals surface area contributed by atoms with Gasteiger partial charge in [-0.1, -0.05) is 75.7 Å². The number of nitrogens with one attached hydrogen (secondary N) is 1. The molecular formula is C35H51NO8. The average molecular weight is 614 g/mol. The quantitative estimate of drug-likeness (QED) is 0.0642. The minimum absolute atomic E-state index is 0.0189. The Morgan fingerprint density at radius 2 is 1.57 bits per heavy atom. The fraction of sp³-hybridized carbons (Fsp3) is 0.600. The zero-order valence-corrected chi connectivity index (χ0v) is 26.6. The predicted molar refractivity (Wildman–Crippen MR) is 170 cm³/mol. The van der Waals surface area contributed by atoms with Crippen LogP contribution in [-0.4, -0.2) is 57.2 Å². The number of aliphatic carboxylic acids is 2. The Balaban J connectivity index is 2.68. The smallest absolute Gasteiger partial charge is 0.326 e. The highest BCUT2D eigenvalue weighted by Gasteiger charge is 2.39. The number of aliphatic hydroxyl groups is 1. The summed E-state index contributed by atoms with van der Waals surface area (Å²) in [5.74, 6) is 1.83. The molecule has 0 saturated heterocycles. The van der Waals surface area contributed by atoms with Gasteiger partial charge in [-0.05, 0) is 57.2 Å². The molecule has 244 valence electrons. The molecule has 0 saturated carbocycles. The molecule has 0 aliphatic rings. The highest BCUT2D eigenvalue weighted by atomic mass is 16.5. The molecule has 0 heterocycles. The standard InChI is InChI=1S/C35H51NO8/c1-4-6-8-11-14-17-28(37)18-15-12-9-10-13-16-19-30(35(3,43)26-32(38)39)33(40)36-31(34(41)42)25-27-20-22-29(23-21-27)44-24-7-5-2/h16,19-23,30-31,43H,4,6,8-15,17-18,24-26H2,1-3H3,(H,36,40)(H,38,39)(H,41,42)/b19-16+/t30-,31+,35+/m1/s1. The molecule has 4 N–H and O–H groups in total. The van der Waals surface area contributed by atoms with Crippen molar-refractivity contribution in [3.8, 4) is 17.6 Å². The second-order valence-electron chi connectivity index (χ2n) is 11.5. The molecule has 0 bridgehead atoms. The van der Waals surface area contributed by atoms with E-state index >= 15 is 0 Å². The van der Waals surface area contributed by atoms with Crippen LogP contribution in [0.2, 0.25) is 0 Å². The Bertz CT molecular complexity index is 1110. The van der Waals surface area contributed by atoms with Gasteiger partial charge in [0.15, 0.2) is 0 Å². The van der Waals surface area contributed by atoms with Crippen LogP contribution in [0.25, 0.3) is 0 Å². The number of carbonyl (C=O) groups excluding carboxylic acids is 2.